The Labute approximate surface area is 51.7 Å². The van der Waals surface area contributed by atoms with Crippen molar-refractivity contribution in [1.29, 1.82) is 0 Å². The quantitative estimate of drug-likeness (QED) is 0.561. The SMILES string of the molecule is CC(C)[C@@H](C)N.Cl. The first-order valence-electron chi connectivity index (χ1n) is 2.40. The van der Waals surface area contributed by atoms with Gasteiger partial charge in [-0.1, -0.05) is 13.8 Å². The molecular formula is C5H14ClN. The molecule has 0 aromatic carbocycles. The van der Waals surface area contributed by atoms with Crippen molar-refractivity contribution in [2.75, 3.05) is 0 Å². The van der Waals surface area contributed by atoms with Gasteiger partial charge in [0.2, 0.25) is 0 Å². The van der Waals surface area contributed by atoms with Crippen molar-refractivity contribution in [3.8, 4) is 0 Å². The fourth-order valence-electron chi connectivity index (χ4n) is 0. The van der Waals surface area contributed by atoms with Crippen LogP contribution in [0.4, 0.5) is 0 Å². The van der Waals surface area contributed by atoms with E-state index in [-0.39, 0.29) is 12.4 Å². The highest BCUT2D eigenvalue weighted by atomic mass is 35.5. The maximum absolute atomic E-state index is 5.44. The van der Waals surface area contributed by atoms with Crippen LogP contribution in [0.15, 0.2) is 0 Å². The van der Waals surface area contributed by atoms with Crippen LogP contribution in [0.25, 0.3) is 0 Å². The zero-order chi connectivity index (χ0) is 5.15. The zero-order valence-corrected chi connectivity index (χ0v) is 5.96. The van der Waals surface area contributed by atoms with Gasteiger partial charge in [0.1, 0.15) is 0 Å². The number of halogens is 1. The van der Waals surface area contributed by atoms with Crippen molar-refractivity contribution < 1.29 is 0 Å². The Hall–Kier alpha value is 0.250. The molecule has 0 saturated heterocycles. The Morgan fingerprint density at radius 2 is 1.29 bits per heavy atom. The van der Waals surface area contributed by atoms with Crippen LogP contribution in [0.3, 0.4) is 0 Å². The van der Waals surface area contributed by atoms with E-state index in [0.717, 1.165) is 0 Å². The Kier molecular flexibility index (Phi) is 6.47. The number of rotatable bonds is 1. The largest absolute Gasteiger partial charge is 0.328 e. The van der Waals surface area contributed by atoms with Crippen molar-refractivity contribution in [3.05, 3.63) is 0 Å². The molecule has 0 bridgehead atoms. The van der Waals surface area contributed by atoms with E-state index in [4.69, 9.17) is 5.73 Å². The highest BCUT2D eigenvalue weighted by Gasteiger charge is 1.95. The van der Waals surface area contributed by atoms with Crippen molar-refractivity contribution in [1.82, 2.24) is 0 Å². The second kappa shape index (κ2) is 4.41. The standard InChI is InChI=1S/C5H13N.ClH/c1-4(2)5(3)6;/h4-5H,6H2,1-3H3;1H/t5-;/m1./s1. The minimum Gasteiger partial charge on any atom is -0.328 e. The van der Waals surface area contributed by atoms with Gasteiger partial charge < -0.3 is 5.73 Å². The van der Waals surface area contributed by atoms with Gasteiger partial charge >= 0.3 is 0 Å². The van der Waals surface area contributed by atoms with Gasteiger partial charge in [0.15, 0.2) is 0 Å². The molecule has 1 nitrogen and oxygen atoms in total. The van der Waals surface area contributed by atoms with E-state index in [1.165, 1.54) is 0 Å². The van der Waals surface area contributed by atoms with Crippen LogP contribution < -0.4 is 5.73 Å². The average Bonchev–Trinajstić information content (AvgIpc) is 1.36. The van der Waals surface area contributed by atoms with E-state index in [0.29, 0.717) is 12.0 Å². The fraction of sp³-hybridized carbons (Fsp3) is 1.00. The summed E-state index contributed by atoms with van der Waals surface area (Å²) in [6, 6.07) is 0.352. The summed E-state index contributed by atoms with van der Waals surface area (Å²) in [6.07, 6.45) is 0. The molecule has 0 unspecified atom stereocenters. The lowest BCUT2D eigenvalue weighted by Crippen LogP contribution is -2.21. The van der Waals surface area contributed by atoms with Gasteiger partial charge in [-0.25, -0.2) is 0 Å². The summed E-state index contributed by atoms with van der Waals surface area (Å²) in [5, 5.41) is 0. The number of nitrogens with two attached hydrogens (primary N) is 1. The predicted octanol–water partition coefficient (Wildman–Crippen LogP) is 1.41. The van der Waals surface area contributed by atoms with Crippen LogP contribution in [0, 0.1) is 5.92 Å². The Morgan fingerprint density at radius 1 is 1.14 bits per heavy atom. The Bertz CT molecular complexity index is 29.1. The van der Waals surface area contributed by atoms with Crippen molar-refractivity contribution in [2.24, 2.45) is 11.7 Å². The van der Waals surface area contributed by atoms with Crippen LogP contribution in [-0.2, 0) is 0 Å². The monoisotopic (exact) mass is 123 g/mol. The maximum Gasteiger partial charge on any atom is 0.00334 e. The van der Waals surface area contributed by atoms with E-state index in [1.807, 2.05) is 6.92 Å². The van der Waals surface area contributed by atoms with Gasteiger partial charge in [-0.2, -0.15) is 0 Å². The second-order valence-electron chi connectivity index (χ2n) is 2.10. The second-order valence-corrected chi connectivity index (χ2v) is 2.10. The van der Waals surface area contributed by atoms with Crippen LogP contribution in [-0.4, -0.2) is 6.04 Å². The minimum absolute atomic E-state index is 0. The first-order chi connectivity index (χ1) is 2.64. The smallest absolute Gasteiger partial charge is 0.00334 e. The van der Waals surface area contributed by atoms with E-state index >= 15 is 0 Å². The molecule has 0 aromatic rings. The topological polar surface area (TPSA) is 26.0 Å². The molecule has 2 heteroatoms. The zero-order valence-electron chi connectivity index (χ0n) is 5.14. The highest BCUT2D eigenvalue weighted by molar-refractivity contribution is 5.85. The molecule has 0 spiro atoms. The third-order valence-corrected chi connectivity index (χ3v) is 1.05. The summed E-state index contributed by atoms with van der Waals surface area (Å²) in [5.74, 6) is 0.630. The molecule has 2 N–H and O–H groups in total. The van der Waals surface area contributed by atoms with Crippen LogP contribution in [0.2, 0.25) is 0 Å². The summed E-state index contributed by atoms with van der Waals surface area (Å²) >= 11 is 0. The number of hydrogen-bond acceptors (Lipinski definition) is 1. The van der Waals surface area contributed by atoms with Crippen molar-refractivity contribution >= 4 is 12.4 Å². The predicted molar refractivity (Wildman–Crippen MR) is 35.7 cm³/mol. The summed E-state index contributed by atoms with van der Waals surface area (Å²) in [7, 11) is 0. The van der Waals surface area contributed by atoms with Crippen molar-refractivity contribution in [3.63, 3.8) is 0 Å². The molecule has 0 aromatic heterocycles. The highest BCUT2D eigenvalue weighted by Crippen LogP contribution is 1.93. The number of hydrogen-bond donors (Lipinski definition) is 1. The van der Waals surface area contributed by atoms with E-state index in [1.54, 1.807) is 0 Å². The van der Waals surface area contributed by atoms with Crippen LogP contribution in [0.5, 0.6) is 0 Å². The Balaban J connectivity index is 0. The van der Waals surface area contributed by atoms with E-state index in [2.05, 4.69) is 13.8 Å². The molecule has 0 radical (unpaired) electrons. The molecule has 46 valence electrons. The molecule has 0 amide bonds. The lowest BCUT2D eigenvalue weighted by molar-refractivity contribution is 0.529. The van der Waals surface area contributed by atoms with Crippen molar-refractivity contribution in [2.45, 2.75) is 26.8 Å². The third kappa shape index (κ3) is 6.25. The minimum atomic E-state index is 0. The summed E-state index contributed by atoms with van der Waals surface area (Å²) < 4.78 is 0. The third-order valence-electron chi connectivity index (χ3n) is 1.05. The summed E-state index contributed by atoms with van der Waals surface area (Å²) in [6.45, 7) is 6.25. The van der Waals surface area contributed by atoms with Gasteiger partial charge in [0.25, 0.3) is 0 Å². The molecule has 0 fully saturated rings. The molecule has 0 rings (SSSR count). The molecule has 1 atom stereocenters. The lowest BCUT2D eigenvalue weighted by Gasteiger charge is -2.05. The van der Waals surface area contributed by atoms with E-state index < -0.39 is 0 Å². The molecule has 0 aliphatic rings. The van der Waals surface area contributed by atoms with Gasteiger partial charge in [-0.15, -0.1) is 12.4 Å². The lowest BCUT2D eigenvalue weighted by atomic mass is 10.1. The van der Waals surface area contributed by atoms with Gasteiger partial charge in [-0.3, -0.25) is 0 Å². The molecule has 0 aliphatic carbocycles. The van der Waals surface area contributed by atoms with Crippen LogP contribution >= 0.6 is 12.4 Å². The molecule has 0 saturated carbocycles. The van der Waals surface area contributed by atoms with Crippen LogP contribution in [0.1, 0.15) is 20.8 Å². The summed E-state index contributed by atoms with van der Waals surface area (Å²) in [5.41, 5.74) is 5.44. The Morgan fingerprint density at radius 3 is 1.29 bits per heavy atom. The summed E-state index contributed by atoms with van der Waals surface area (Å²) in [4.78, 5) is 0. The maximum atomic E-state index is 5.44. The van der Waals surface area contributed by atoms with Gasteiger partial charge in [-0.05, 0) is 12.8 Å². The van der Waals surface area contributed by atoms with Gasteiger partial charge in [0, 0.05) is 6.04 Å². The fourth-order valence-corrected chi connectivity index (χ4v) is 0. The first-order valence-corrected chi connectivity index (χ1v) is 2.40. The molecular weight excluding hydrogens is 110 g/mol. The molecule has 0 aliphatic heterocycles. The first kappa shape index (κ1) is 10.3. The van der Waals surface area contributed by atoms with Gasteiger partial charge in [0.05, 0.1) is 0 Å². The molecule has 0 heterocycles. The molecule has 7 heavy (non-hydrogen) atoms. The normalized spacial score (nSPS) is 13.3. The average molecular weight is 124 g/mol. The van der Waals surface area contributed by atoms with E-state index in [9.17, 15) is 0 Å².